The summed E-state index contributed by atoms with van der Waals surface area (Å²) in [7, 11) is 0. The van der Waals surface area contributed by atoms with E-state index in [1.54, 1.807) is 12.4 Å². The van der Waals surface area contributed by atoms with Gasteiger partial charge in [0.25, 0.3) is 5.91 Å². The Morgan fingerprint density at radius 3 is 2.25 bits per heavy atom. The predicted molar refractivity (Wildman–Crippen MR) is 79.9 cm³/mol. The largest absolute Gasteiger partial charge is 0.347 e. The smallest absolute Gasteiger partial charge is 0.253 e. The molecule has 0 aliphatic heterocycles. The summed E-state index contributed by atoms with van der Waals surface area (Å²) in [6.07, 6.45) is 11.2. The van der Waals surface area contributed by atoms with Crippen molar-refractivity contribution in [3.63, 3.8) is 0 Å². The molecule has 20 heavy (non-hydrogen) atoms. The Morgan fingerprint density at radius 2 is 1.75 bits per heavy atom. The summed E-state index contributed by atoms with van der Waals surface area (Å²) in [5, 5.41) is 3.36. The van der Waals surface area contributed by atoms with Gasteiger partial charge in [0.05, 0.1) is 5.56 Å². The van der Waals surface area contributed by atoms with Crippen LogP contribution in [-0.4, -0.2) is 16.4 Å². The average molecular weight is 293 g/mol. The van der Waals surface area contributed by atoms with Crippen molar-refractivity contribution in [3.05, 3.63) is 30.1 Å². The molecule has 0 aromatic carbocycles. The van der Waals surface area contributed by atoms with E-state index in [-0.39, 0.29) is 23.9 Å². The SMILES string of the molecule is Cl.O=C(NC12CC3CC(CC(C3)C1)C2)c1cccnc1. The van der Waals surface area contributed by atoms with Gasteiger partial charge in [-0.1, -0.05) is 0 Å². The van der Waals surface area contributed by atoms with Crippen LogP contribution in [0, 0.1) is 17.8 Å². The lowest BCUT2D eigenvalue weighted by Gasteiger charge is -2.56. The minimum absolute atomic E-state index is 0. The van der Waals surface area contributed by atoms with Crippen molar-refractivity contribution in [2.45, 2.75) is 44.1 Å². The van der Waals surface area contributed by atoms with E-state index in [2.05, 4.69) is 10.3 Å². The average Bonchev–Trinajstić information content (AvgIpc) is 2.37. The molecule has 1 aromatic rings. The molecule has 4 aliphatic rings. The fraction of sp³-hybridized carbons (Fsp3) is 0.625. The van der Waals surface area contributed by atoms with E-state index in [1.807, 2.05) is 12.1 Å². The second-order valence-electron chi connectivity index (χ2n) is 6.89. The van der Waals surface area contributed by atoms with E-state index >= 15 is 0 Å². The third-order valence-corrected chi connectivity index (χ3v) is 5.34. The summed E-state index contributed by atoms with van der Waals surface area (Å²) in [5.41, 5.74) is 0.792. The number of rotatable bonds is 2. The van der Waals surface area contributed by atoms with Crippen LogP contribution in [0.25, 0.3) is 0 Å². The number of nitrogens with one attached hydrogen (secondary N) is 1. The van der Waals surface area contributed by atoms with Crippen molar-refractivity contribution in [1.82, 2.24) is 10.3 Å². The van der Waals surface area contributed by atoms with Crippen LogP contribution in [0.5, 0.6) is 0 Å². The van der Waals surface area contributed by atoms with Crippen LogP contribution in [0.4, 0.5) is 0 Å². The van der Waals surface area contributed by atoms with Gasteiger partial charge in [-0.3, -0.25) is 9.78 Å². The Labute approximate surface area is 126 Å². The van der Waals surface area contributed by atoms with E-state index in [9.17, 15) is 4.79 Å². The quantitative estimate of drug-likeness (QED) is 0.909. The van der Waals surface area contributed by atoms with Gasteiger partial charge in [0, 0.05) is 17.9 Å². The second-order valence-corrected chi connectivity index (χ2v) is 6.89. The van der Waals surface area contributed by atoms with Crippen LogP contribution in [0.15, 0.2) is 24.5 Å². The maximum Gasteiger partial charge on any atom is 0.253 e. The van der Waals surface area contributed by atoms with Crippen molar-refractivity contribution >= 4 is 18.3 Å². The van der Waals surface area contributed by atoms with E-state index < -0.39 is 0 Å². The van der Waals surface area contributed by atoms with Gasteiger partial charge < -0.3 is 5.32 Å². The Morgan fingerprint density at radius 1 is 1.15 bits per heavy atom. The molecular formula is C16H21ClN2O. The lowest BCUT2D eigenvalue weighted by molar-refractivity contribution is -0.0167. The molecule has 4 saturated carbocycles. The first kappa shape index (κ1) is 13.9. The van der Waals surface area contributed by atoms with Crippen LogP contribution in [-0.2, 0) is 0 Å². The lowest BCUT2D eigenvalue weighted by Crippen LogP contribution is -2.59. The molecule has 108 valence electrons. The summed E-state index contributed by atoms with van der Waals surface area (Å²) in [4.78, 5) is 16.4. The lowest BCUT2D eigenvalue weighted by atomic mass is 9.53. The van der Waals surface area contributed by atoms with Crippen molar-refractivity contribution in [3.8, 4) is 0 Å². The topological polar surface area (TPSA) is 42.0 Å². The number of pyridine rings is 1. The second kappa shape index (κ2) is 5.03. The highest BCUT2D eigenvalue weighted by Gasteiger charge is 2.51. The van der Waals surface area contributed by atoms with Gasteiger partial charge in [-0.25, -0.2) is 0 Å². The number of hydrogen-bond acceptors (Lipinski definition) is 2. The summed E-state index contributed by atoms with van der Waals surface area (Å²) in [5.74, 6) is 2.65. The van der Waals surface area contributed by atoms with Crippen LogP contribution >= 0.6 is 12.4 Å². The summed E-state index contributed by atoms with van der Waals surface area (Å²) < 4.78 is 0. The van der Waals surface area contributed by atoms with Gasteiger partial charge in [0.1, 0.15) is 0 Å². The fourth-order valence-electron chi connectivity index (χ4n) is 5.07. The number of aromatic nitrogens is 1. The van der Waals surface area contributed by atoms with Crippen LogP contribution in [0.2, 0.25) is 0 Å². The summed E-state index contributed by atoms with van der Waals surface area (Å²) in [6.45, 7) is 0. The zero-order valence-corrected chi connectivity index (χ0v) is 12.4. The van der Waals surface area contributed by atoms with E-state index in [0.717, 1.165) is 17.8 Å². The van der Waals surface area contributed by atoms with Crippen molar-refractivity contribution in [1.29, 1.82) is 0 Å². The number of hydrogen-bond donors (Lipinski definition) is 1. The monoisotopic (exact) mass is 292 g/mol. The maximum absolute atomic E-state index is 12.4. The van der Waals surface area contributed by atoms with Crippen LogP contribution < -0.4 is 5.32 Å². The highest BCUT2D eigenvalue weighted by molar-refractivity contribution is 5.94. The Balaban J connectivity index is 0.00000121. The van der Waals surface area contributed by atoms with Gasteiger partial charge in [-0.2, -0.15) is 0 Å². The standard InChI is InChI=1S/C16H20N2O.ClH/c19-15(14-2-1-3-17-10-14)18-16-7-11-4-12(8-16)6-13(5-11)9-16;/h1-3,10-13H,4-9H2,(H,18,19);1H. The summed E-state index contributed by atoms with van der Waals surface area (Å²) >= 11 is 0. The van der Waals surface area contributed by atoms with Gasteiger partial charge >= 0.3 is 0 Å². The molecule has 0 atom stereocenters. The van der Waals surface area contributed by atoms with Crippen molar-refractivity contribution in [2.75, 3.05) is 0 Å². The molecule has 4 aliphatic carbocycles. The predicted octanol–water partition coefficient (Wildman–Crippen LogP) is 3.20. The molecule has 4 bridgehead atoms. The molecule has 1 aromatic heterocycles. The van der Waals surface area contributed by atoms with Gasteiger partial charge in [0.15, 0.2) is 0 Å². The first-order valence-corrected chi connectivity index (χ1v) is 7.45. The third kappa shape index (κ3) is 2.32. The number of carbonyl (C=O) groups is 1. The molecular weight excluding hydrogens is 272 g/mol. The molecule has 1 N–H and O–H groups in total. The van der Waals surface area contributed by atoms with E-state index in [1.165, 1.54) is 38.5 Å². The molecule has 1 heterocycles. The molecule has 5 rings (SSSR count). The first-order chi connectivity index (χ1) is 9.22. The number of nitrogens with zero attached hydrogens (tertiary/aromatic N) is 1. The van der Waals surface area contributed by atoms with E-state index in [0.29, 0.717) is 5.56 Å². The molecule has 1 amide bonds. The molecule has 3 nitrogen and oxygen atoms in total. The summed E-state index contributed by atoms with van der Waals surface area (Å²) in [6, 6.07) is 3.68. The van der Waals surface area contributed by atoms with Crippen molar-refractivity contribution < 1.29 is 4.79 Å². The number of amides is 1. The number of halogens is 1. The third-order valence-electron chi connectivity index (χ3n) is 5.34. The molecule has 0 saturated heterocycles. The van der Waals surface area contributed by atoms with Crippen LogP contribution in [0.3, 0.4) is 0 Å². The maximum atomic E-state index is 12.4. The first-order valence-electron chi connectivity index (χ1n) is 7.45. The van der Waals surface area contributed by atoms with E-state index in [4.69, 9.17) is 0 Å². The zero-order valence-electron chi connectivity index (χ0n) is 11.5. The van der Waals surface area contributed by atoms with Gasteiger partial charge in [-0.15, -0.1) is 12.4 Å². The molecule has 0 unspecified atom stereocenters. The number of carbonyl (C=O) groups excluding carboxylic acids is 1. The Kier molecular flexibility index (Phi) is 3.49. The zero-order chi connectivity index (χ0) is 12.9. The van der Waals surface area contributed by atoms with Crippen molar-refractivity contribution in [2.24, 2.45) is 17.8 Å². The highest BCUT2D eigenvalue weighted by atomic mass is 35.5. The normalized spacial score (nSPS) is 37.3. The van der Waals surface area contributed by atoms with Gasteiger partial charge in [0.2, 0.25) is 0 Å². The molecule has 4 heteroatoms. The minimum Gasteiger partial charge on any atom is -0.347 e. The fourth-order valence-corrected chi connectivity index (χ4v) is 5.07. The van der Waals surface area contributed by atoms with Crippen LogP contribution in [0.1, 0.15) is 48.9 Å². The highest BCUT2D eigenvalue weighted by Crippen LogP contribution is 2.55. The Hall–Kier alpha value is -1.09. The molecule has 0 spiro atoms. The Bertz CT molecular complexity index is 467. The molecule has 4 fully saturated rings. The molecule has 0 radical (unpaired) electrons. The van der Waals surface area contributed by atoms with Gasteiger partial charge in [-0.05, 0) is 68.4 Å². The minimum atomic E-state index is 0.